The maximum absolute atomic E-state index is 5.88. The zero-order chi connectivity index (χ0) is 13.9. The van der Waals surface area contributed by atoms with Gasteiger partial charge in [0.05, 0.1) is 11.3 Å². The summed E-state index contributed by atoms with van der Waals surface area (Å²) in [6.45, 7) is 11.3. The topological polar surface area (TPSA) is 53.1 Å². The number of nitrogens with two attached hydrogens (primary N) is 1. The molecule has 0 spiro atoms. The van der Waals surface area contributed by atoms with Gasteiger partial charge < -0.3 is 10.5 Å². The third-order valence-electron chi connectivity index (χ3n) is 3.54. The normalized spacial score (nSPS) is 13.9. The van der Waals surface area contributed by atoms with Gasteiger partial charge >= 0.3 is 0 Å². The Bertz CT molecular complexity index is 394. The van der Waals surface area contributed by atoms with E-state index in [0.717, 1.165) is 25.1 Å². The number of hydrogen-bond acceptors (Lipinski definition) is 3. The number of aryl methyl sites for hydroxylation is 2. The lowest BCUT2D eigenvalue weighted by Gasteiger charge is -2.22. The number of hydrogen-bond donors (Lipinski definition) is 1. The van der Waals surface area contributed by atoms with Gasteiger partial charge in [-0.1, -0.05) is 0 Å². The Balaban J connectivity index is 2.79. The Morgan fingerprint density at radius 1 is 1.39 bits per heavy atom. The first-order chi connectivity index (χ1) is 8.26. The van der Waals surface area contributed by atoms with E-state index in [9.17, 15) is 0 Å². The molecule has 0 aliphatic heterocycles. The second-order valence-electron chi connectivity index (χ2n) is 5.77. The molecular formula is C14H27N3O. The molecule has 0 aliphatic carbocycles. The molecule has 104 valence electrons. The van der Waals surface area contributed by atoms with Crippen LogP contribution in [-0.2, 0) is 17.7 Å². The molecule has 2 N–H and O–H groups in total. The van der Waals surface area contributed by atoms with Crippen molar-refractivity contribution in [2.24, 2.45) is 5.73 Å². The van der Waals surface area contributed by atoms with Gasteiger partial charge in [0.2, 0.25) is 0 Å². The van der Waals surface area contributed by atoms with Crippen molar-refractivity contribution >= 4 is 0 Å². The first-order valence-electron chi connectivity index (χ1n) is 6.60. The van der Waals surface area contributed by atoms with Gasteiger partial charge in [-0.05, 0) is 53.0 Å². The highest BCUT2D eigenvalue weighted by Gasteiger charge is 2.18. The minimum atomic E-state index is -0.104. The molecule has 1 unspecified atom stereocenters. The first-order valence-corrected chi connectivity index (χ1v) is 6.60. The van der Waals surface area contributed by atoms with E-state index < -0.39 is 0 Å². The fourth-order valence-electron chi connectivity index (χ4n) is 2.05. The summed E-state index contributed by atoms with van der Waals surface area (Å²) in [5.41, 5.74) is 9.40. The molecule has 1 atom stereocenters. The molecule has 4 heteroatoms. The predicted molar refractivity (Wildman–Crippen MR) is 74.8 cm³/mol. The van der Waals surface area contributed by atoms with E-state index >= 15 is 0 Å². The Morgan fingerprint density at radius 3 is 2.50 bits per heavy atom. The third kappa shape index (κ3) is 3.82. The largest absolute Gasteiger partial charge is 0.379 e. The fourth-order valence-corrected chi connectivity index (χ4v) is 2.05. The minimum absolute atomic E-state index is 0.104. The lowest BCUT2D eigenvalue weighted by molar-refractivity contribution is 0.0112. The van der Waals surface area contributed by atoms with E-state index in [1.165, 1.54) is 11.3 Å². The highest BCUT2D eigenvalue weighted by Crippen LogP contribution is 2.18. The number of rotatable bonds is 6. The molecule has 0 saturated heterocycles. The van der Waals surface area contributed by atoms with Gasteiger partial charge in [0.15, 0.2) is 0 Å². The van der Waals surface area contributed by atoms with Crippen molar-refractivity contribution in [3.63, 3.8) is 0 Å². The SMILES string of the molecule is COC(C)(C)CCn1nc(C)c(CC(C)N)c1C. The number of aromatic nitrogens is 2. The summed E-state index contributed by atoms with van der Waals surface area (Å²) in [6, 6.07) is 0.176. The summed E-state index contributed by atoms with van der Waals surface area (Å²) in [5.74, 6) is 0. The van der Waals surface area contributed by atoms with Crippen LogP contribution in [0.1, 0.15) is 44.1 Å². The van der Waals surface area contributed by atoms with Crippen molar-refractivity contribution < 1.29 is 4.74 Å². The molecule has 1 aromatic rings. The molecule has 18 heavy (non-hydrogen) atoms. The van der Waals surface area contributed by atoms with Gasteiger partial charge in [0, 0.05) is 25.4 Å². The van der Waals surface area contributed by atoms with Crippen LogP contribution in [0.3, 0.4) is 0 Å². The summed E-state index contributed by atoms with van der Waals surface area (Å²) >= 11 is 0. The van der Waals surface area contributed by atoms with Crippen molar-refractivity contribution in [3.05, 3.63) is 17.0 Å². The van der Waals surface area contributed by atoms with Crippen LogP contribution in [0.2, 0.25) is 0 Å². The summed E-state index contributed by atoms with van der Waals surface area (Å²) in [4.78, 5) is 0. The minimum Gasteiger partial charge on any atom is -0.379 e. The van der Waals surface area contributed by atoms with Crippen LogP contribution in [0.4, 0.5) is 0 Å². The maximum Gasteiger partial charge on any atom is 0.0640 e. The Labute approximate surface area is 111 Å². The van der Waals surface area contributed by atoms with E-state index in [0.29, 0.717) is 0 Å². The molecular weight excluding hydrogens is 226 g/mol. The van der Waals surface area contributed by atoms with Crippen LogP contribution in [0.15, 0.2) is 0 Å². The molecule has 0 aromatic carbocycles. The second-order valence-corrected chi connectivity index (χ2v) is 5.77. The van der Waals surface area contributed by atoms with E-state index in [1.54, 1.807) is 7.11 Å². The lowest BCUT2D eigenvalue weighted by Crippen LogP contribution is -2.25. The van der Waals surface area contributed by atoms with E-state index in [-0.39, 0.29) is 11.6 Å². The molecule has 0 aliphatic rings. The molecule has 0 fully saturated rings. The van der Waals surface area contributed by atoms with E-state index in [1.807, 2.05) is 6.92 Å². The second kappa shape index (κ2) is 5.85. The summed E-state index contributed by atoms with van der Waals surface area (Å²) in [6.07, 6.45) is 1.84. The molecule has 1 heterocycles. The maximum atomic E-state index is 5.88. The highest BCUT2D eigenvalue weighted by atomic mass is 16.5. The monoisotopic (exact) mass is 253 g/mol. The van der Waals surface area contributed by atoms with Gasteiger partial charge in [-0.2, -0.15) is 5.10 Å². The molecule has 0 amide bonds. The quantitative estimate of drug-likeness (QED) is 0.845. The molecule has 1 aromatic heterocycles. The van der Waals surface area contributed by atoms with Crippen molar-refractivity contribution in [3.8, 4) is 0 Å². The zero-order valence-corrected chi connectivity index (χ0v) is 12.6. The zero-order valence-electron chi connectivity index (χ0n) is 12.6. The average molecular weight is 253 g/mol. The standard InChI is InChI=1S/C14H27N3O/c1-10(15)9-13-11(2)16-17(12(13)3)8-7-14(4,5)18-6/h10H,7-9,15H2,1-6H3. The Hall–Kier alpha value is -0.870. The highest BCUT2D eigenvalue weighted by molar-refractivity contribution is 5.25. The fraction of sp³-hybridized carbons (Fsp3) is 0.786. The van der Waals surface area contributed by atoms with Crippen LogP contribution in [-0.4, -0.2) is 28.5 Å². The summed E-state index contributed by atoms with van der Waals surface area (Å²) in [5, 5.41) is 4.61. The van der Waals surface area contributed by atoms with Gasteiger partial charge in [-0.3, -0.25) is 4.68 Å². The van der Waals surface area contributed by atoms with Crippen molar-refractivity contribution in [2.75, 3.05) is 7.11 Å². The number of ether oxygens (including phenoxy) is 1. The van der Waals surface area contributed by atoms with Gasteiger partial charge in [-0.15, -0.1) is 0 Å². The summed E-state index contributed by atoms with van der Waals surface area (Å²) in [7, 11) is 1.75. The van der Waals surface area contributed by atoms with Crippen molar-refractivity contribution in [1.82, 2.24) is 9.78 Å². The molecule has 1 rings (SSSR count). The van der Waals surface area contributed by atoms with Gasteiger partial charge in [0.25, 0.3) is 0 Å². The average Bonchev–Trinajstić information content (AvgIpc) is 2.54. The Morgan fingerprint density at radius 2 is 2.00 bits per heavy atom. The van der Waals surface area contributed by atoms with Crippen LogP contribution in [0, 0.1) is 13.8 Å². The van der Waals surface area contributed by atoms with E-state index in [2.05, 4.69) is 37.5 Å². The van der Waals surface area contributed by atoms with Gasteiger partial charge in [0.1, 0.15) is 0 Å². The van der Waals surface area contributed by atoms with Crippen LogP contribution in [0.5, 0.6) is 0 Å². The lowest BCUT2D eigenvalue weighted by atomic mass is 10.0. The smallest absolute Gasteiger partial charge is 0.0640 e. The predicted octanol–water partition coefficient (Wildman–Crippen LogP) is 2.20. The Kier molecular flexibility index (Phi) is 4.93. The third-order valence-corrected chi connectivity index (χ3v) is 3.54. The molecule has 0 radical (unpaired) electrons. The van der Waals surface area contributed by atoms with E-state index in [4.69, 9.17) is 10.5 Å². The molecule has 4 nitrogen and oxygen atoms in total. The number of nitrogens with zero attached hydrogens (tertiary/aromatic N) is 2. The van der Waals surface area contributed by atoms with Crippen molar-refractivity contribution in [1.29, 1.82) is 0 Å². The van der Waals surface area contributed by atoms with Crippen LogP contribution >= 0.6 is 0 Å². The van der Waals surface area contributed by atoms with Crippen LogP contribution < -0.4 is 5.73 Å². The molecule has 0 bridgehead atoms. The van der Waals surface area contributed by atoms with Crippen LogP contribution in [0.25, 0.3) is 0 Å². The number of methoxy groups -OCH3 is 1. The summed E-state index contributed by atoms with van der Waals surface area (Å²) < 4.78 is 7.52. The van der Waals surface area contributed by atoms with Gasteiger partial charge in [-0.25, -0.2) is 0 Å². The first kappa shape index (κ1) is 15.2. The molecule has 0 saturated carbocycles. The van der Waals surface area contributed by atoms with Crippen molar-refractivity contribution in [2.45, 2.75) is 65.6 Å².